The van der Waals surface area contributed by atoms with Crippen LogP contribution in [0, 0.1) is 0 Å². The highest BCUT2D eigenvalue weighted by Crippen LogP contribution is 2.47. The number of nitrogens with zero attached hydrogens (tertiary/aromatic N) is 2. The first-order valence-electron chi connectivity index (χ1n) is 10.6. The number of fused-ring (bicyclic) bond motifs is 3. The Hall–Kier alpha value is -2.78. The molecular weight excluding hydrogens is 384 g/mol. The number of anilines is 2. The quantitative estimate of drug-likeness (QED) is 0.427. The summed E-state index contributed by atoms with van der Waals surface area (Å²) in [7, 11) is 2.15. The van der Waals surface area contributed by atoms with Gasteiger partial charge in [-0.2, -0.15) is 4.58 Å². The van der Waals surface area contributed by atoms with Gasteiger partial charge in [-0.1, -0.05) is 48.2 Å². The SMILES string of the molecule is CC[N+]1=C(/C=C/c2ccc3c(c2)Sc2ccccc2N3C)C(C)(C)c2ccccc21. The predicted octanol–water partition coefficient (Wildman–Crippen LogP) is 7.03. The maximum atomic E-state index is 2.45. The van der Waals surface area contributed by atoms with Gasteiger partial charge in [-0.3, -0.25) is 0 Å². The van der Waals surface area contributed by atoms with Crippen LogP contribution in [0.4, 0.5) is 17.1 Å². The summed E-state index contributed by atoms with van der Waals surface area (Å²) >= 11 is 1.86. The first-order chi connectivity index (χ1) is 14.5. The van der Waals surface area contributed by atoms with Gasteiger partial charge < -0.3 is 4.90 Å². The van der Waals surface area contributed by atoms with Gasteiger partial charge in [0.2, 0.25) is 5.69 Å². The summed E-state index contributed by atoms with van der Waals surface area (Å²) < 4.78 is 2.45. The summed E-state index contributed by atoms with van der Waals surface area (Å²) in [5.74, 6) is 0. The van der Waals surface area contributed by atoms with Crippen LogP contribution in [-0.2, 0) is 5.41 Å². The average Bonchev–Trinajstić information content (AvgIpc) is 2.98. The van der Waals surface area contributed by atoms with E-state index in [1.807, 2.05) is 11.8 Å². The van der Waals surface area contributed by atoms with Crippen molar-refractivity contribution in [2.24, 2.45) is 0 Å². The number of benzene rings is 3. The van der Waals surface area contributed by atoms with E-state index in [4.69, 9.17) is 0 Å². The Morgan fingerprint density at radius 2 is 1.63 bits per heavy atom. The van der Waals surface area contributed by atoms with E-state index in [0.717, 1.165) is 6.54 Å². The molecule has 0 bridgehead atoms. The van der Waals surface area contributed by atoms with E-state index in [2.05, 4.69) is 116 Å². The van der Waals surface area contributed by atoms with Gasteiger partial charge in [0.25, 0.3) is 0 Å². The van der Waals surface area contributed by atoms with Gasteiger partial charge in [-0.15, -0.1) is 0 Å². The van der Waals surface area contributed by atoms with E-state index in [9.17, 15) is 0 Å². The zero-order chi connectivity index (χ0) is 20.9. The Kier molecular flexibility index (Phi) is 4.59. The Labute approximate surface area is 183 Å². The van der Waals surface area contributed by atoms with Crippen LogP contribution in [0.25, 0.3) is 6.08 Å². The van der Waals surface area contributed by atoms with Crippen molar-refractivity contribution in [3.05, 3.63) is 83.9 Å². The number of hydrogen-bond donors (Lipinski definition) is 0. The van der Waals surface area contributed by atoms with E-state index in [1.165, 1.54) is 43.7 Å². The van der Waals surface area contributed by atoms with Crippen molar-refractivity contribution in [3.63, 3.8) is 0 Å². The molecule has 0 saturated carbocycles. The van der Waals surface area contributed by atoms with Crippen molar-refractivity contribution in [1.82, 2.24) is 0 Å². The molecule has 3 aromatic rings. The molecule has 0 spiro atoms. The highest BCUT2D eigenvalue weighted by atomic mass is 32.2. The average molecular weight is 412 g/mol. The predicted molar refractivity (Wildman–Crippen MR) is 129 cm³/mol. The molecule has 0 aliphatic carbocycles. The fourth-order valence-electron chi connectivity index (χ4n) is 4.72. The summed E-state index contributed by atoms with van der Waals surface area (Å²) in [6.07, 6.45) is 4.59. The molecule has 2 aliphatic rings. The number of para-hydroxylation sites is 2. The number of hydrogen-bond acceptors (Lipinski definition) is 2. The largest absolute Gasteiger partial charge is 0.343 e. The monoisotopic (exact) mass is 411 g/mol. The minimum atomic E-state index is 0.00518. The van der Waals surface area contributed by atoms with Crippen molar-refractivity contribution >= 4 is 40.6 Å². The lowest BCUT2D eigenvalue weighted by Crippen LogP contribution is -2.27. The normalized spacial score (nSPS) is 16.6. The Morgan fingerprint density at radius 3 is 2.47 bits per heavy atom. The smallest absolute Gasteiger partial charge is 0.209 e. The Balaban J connectivity index is 1.51. The van der Waals surface area contributed by atoms with Gasteiger partial charge in [0.05, 0.1) is 16.8 Å². The van der Waals surface area contributed by atoms with Gasteiger partial charge in [0.1, 0.15) is 6.54 Å². The van der Waals surface area contributed by atoms with Crippen LogP contribution in [0.2, 0.25) is 0 Å². The molecule has 0 radical (unpaired) electrons. The highest BCUT2D eigenvalue weighted by Gasteiger charge is 2.43. The van der Waals surface area contributed by atoms with Crippen LogP contribution in [0.15, 0.2) is 82.6 Å². The molecule has 0 unspecified atom stereocenters. The van der Waals surface area contributed by atoms with Crippen LogP contribution < -0.4 is 4.90 Å². The van der Waals surface area contributed by atoms with Gasteiger partial charge in [-0.25, -0.2) is 0 Å². The molecule has 3 aromatic carbocycles. The molecule has 30 heavy (non-hydrogen) atoms. The lowest BCUT2D eigenvalue weighted by molar-refractivity contribution is -0.433. The molecule has 0 atom stereocenters. The Bertz CT molecular complexity index is 1200. The van der Waals surface area contributed by atoms with E-state index in [-0.39, 0.29) is 5.41 Å². The van der Waals surface area contributed by atoms with Crippen molar-refractivity contribution in [1.29, 1.82) is 0 Å². The second kappa shape index (κ2) is 7.17. The number of allylic oxidation sites excluding steroid dienone is 1. The van der Waals surface area contributed by atoms with Crippen molar-refractivity contribution in [3.8, 4) is 0 Å². The first kappa shape index (κ1) is 19.2. The summed E-state index contributed by atoms with van der Waals surface area (Å²) in [5.41, 5.74) is 7.90. The summed E-state index contributed by atoms with van der Waals surface area (Å²) in [6, 6.07) is 24.2. The van der Waals surface area contributed by atoms with Crippen molar-refractivity contribution < 1.29 is 4.58 Å². The molecular formula is C27H27N2S+. The minimum Gasteiger partial charge on any atom is -0.343 e. The zero-order valence-electron chi connectivity index (χ0n) is 18.0. The number of rotatable bonds is 3. The molecule has 0 N–H and O–H groups in total. The molecule has 3 heteroatoms. The zero-order valence-corrected chi connectivity index (χ0v) is 18.8. The van der Waals surface area contributed by atoms with Crippen LogP contribution in [-0.4, -0.2) is 23.9 Å². The van der Waals surface area contributed by atoms with E-state index in [1.54, 1.807) is 0 Å². The summed E-state index contributed by atoms with van der Waals surface area (Å²) in [5, 5.41) is 0. The van der Waals surface area contributed by atoms with Crippen LogP contribution >= 0.6 is 11.8 Å². The molecule has 5 rings (SSSR count). The van der Waals surface area contributed by atoms with Gasteiger partial charge in [-0.05, 0) is 56.7 Å². The third kappa shape index (κ3) is 2.92. The van der Waals surface area contributed by atoms with Gasteiger partial charge >= 0.3 is 0 Å². The summed E-state index contributed by atoms with van der Waals surface area (Å²) in [4.78, 5) is 4.91. The lowest BCUT2D eigenvalue weighted by atomic mass is 9.81. The third-order valence-electron chi connectivity index (χ3n) is 6.34. The van der Waals surface area contributed by atoms with Gasteiger partial charge in [0.15, 0.2) is 5.71 Å². The minimum absolute atomic E-state index is 0.00518. The molecule has 0 fully saturated rings. The molecule has 2 aliphatic heterocycles. The maximum Gasteiger partial charge on any atom is 0.209 e. The van der Waals surface area contributed by atoms with E-state index in [0.29, 0.717) is 0 Å². The maximum absolute atomic E-state index is 2.45. The summed E-state index contributed by atoms with van der Waals surface area (Å²) in [6.45, 7) is 7.86. The van der Waals surface area contributed by atoms with Gasteiger partial charge in [0, 0.05) is 34.5 Å². The second-order valence-electron chi connectivity index (χ2n) is 8.46. The molecule has 2 nitrogen and oxygen atoms in total. The fraction of sp³-hybridized carbons (Fsp3) is 0.222. The molecule has 0 saturated heterocycles. The Morgan fingerprint density at radius 1 is 0.900 bits per heavy atom. The second-order valence-corrected chi connectivity index (χ2v) is 9.54. The molecule has 0 aromatic heterocycles. The lowest BCUT2D eigenvalue weighted by Gasteiger charge is -2.29. The van der Waals surface area contributed by atoms with Crippen molar-refractivity contribution in [2.45, 2.75) is 36.0 Å². The first-order valence-corrected chi connectivity index (χ1v) is 11.4. The van der Waals surface area contributed by atoms with E-state index < -0.39 is 0 Å². The molecule has 150 valence electrons. The molecule has 0 amide bonds. The standard InChI is InChI=1S/C27H27N2S/c1-5-29-21-11-7-6-10-20(21)27(2,3)26(29)17-15-19-14-16-23-25(18-19)30-24-13-9-8-12-22(24)28(23)4/h6-18H,5H2,1-4H3/q+1. The third-order valence-corrected chi connectivity index (χ3v) is 7.45. The van der Waals surface area contributed by atoms with Crippen LogP contribution in [0.1, 0.15) is 31.9 Å². The highest BCUT2D eigenvalue weighted by molar-refractivity contribution is 7.99. The molecule has 2 heterocycles. The fourth-order valence-corrected chi connectivity index (χ4v) is 5.92. The van der Waals surface area contributed by atoms with E-state index >= 15 is 0 Å². The van der Waals surface area contributed by atoms with Crippen LogP contribution in [0.5, 0.6) is 0 Å². The van der Waals surface area contributed by atoms with Crippen LogP contribution in [0.3, 0.4) is 0 Å². The topological polar surface area (TPSA) is 6.25 Å². The van der Waals surface area contributed by atoms with Crippen molar-refractivity contribution in [2.75, 3.05) is 18.5 Å².